The lowest BCUT2D eigenvalue weighted by molar-refractivity contribution is 0.0950. The molecule has 1 amide bonds. The van der Waals surface area contributed by atoms with Crippen LogP contribution in [0.1, 0.15) is 21.5 Å². The summed E-state index contributed by atoms with van der Waals surface area (Å²) in [5, 5.41) is 3.38. The molecule has 0 heterocycles. The lowest BCUT2D eigenvalue weighted by Gasteiger charge is -2.06. The van der Waals surface area contributed by atoms with E-state index in [1.807, 2.05) is 12.1 Å². The van der Waals surface area contributed by atoms with E-state index in [1.54, 1.807) is 31.2 Å². The molecule has 1 N–H and O–H groups in total. The highest BCUT2D eigenvalue weighted by Crippen LogP contribution is 2.11. The zero-order valence-corrected chi connectivity index (χ0v) is 11.2. The summed E-state index contributed by atoms with van der Waals surface area (Å²) in [6, 6.07) is 11.6. The summed E-state index contributed by atoms with van der Waals surface area (Å²) in [5.41, 5.74) is 1.77. The molecule has 98 valence electrons. The van der Waals surface area contributed by atoms with Crippen molar-refractivity contribution >= 4 is 17.5 Å². The number of carbonyl (C=O) groups excluding carboxylic acids is 1. The minimum atomic E-state index is -0.376. The first-order valence-electron chi connectivity index (χ1n) is 5.85. The van der Waals surface area contributed by atoms with E-state index >= 15 is 0 Å². The standard InChI is InChI=1S/C15H13ClFNO/c1-10-2-5-12(8-14(10)17)15(19)18-9-11-3-6-13(16)7-4-11/h2-8H,9H2,1H3,(H,18,19). The van der Waals surface area contributed by atoms with Crippen LogP contribution in [0.2, 0.25) is 5.02 Å². The Balaban J connectivity index is 2.01. The summed E-state index contributed by atoms with van der Waals surface area (Å²) >= 11 is 5.77. The van der Waals surface area contributed by atoms with E-state index in [1.165, 1.54) is 6.07 Å². The van der Waals surface area contributed by atoms with Gasteiger partial charge in [0.1, 0.15) is 5.82 Å². The third kappa shape index (κ3) is 3.55. The zero-order chi connectivity index (χ0) is 13.8. The molecule has 0 atom stereocenters. The molecule has 0 saturated carbocycles. The van der Waals surface area contributed by atoms with Gasteiger partial charge in [-0.2, -0.15) is 0 Å². The Bertz CT molecular complexity index is 596. The second kappa shape index (κ2) is 5.85. The van der Waals surface area contributed by atoms with E-state index in [0.717, 1.165) is 5.56 Å². The van der Waals surface area contributed by atoms with Crippen LogP contribution < -0.4 is 5.32 Å². The van der Waals surface area contributed by atoms with Gasteiger partial charge in [-0.05, 0) is 42.3 Å². The van der Waals surface area contributed by atoms with Gasteiger partial charge in [-0.25, -0.2) is 4.39 Å². The van der Waals surface area contributed by atoms with Crippen LogP contribution in [0.25, 0.3) is 0 Å². The van der Waals surface area contributed by atoms with Crippen molar-refractivity contribution in [2.45, 2.75) is 13.5 Å². The fraction of sp³-hybridized carbons (Fsp3) is 0.133. The second-order valence-corrected chi connectivity index (χ2v) is 4.71. The Labute approximate surface area is 116 Å². The number of rotatable bonds is 3. The lowest BCUT2D eigenvalue weighted by Crippen LogP contribution is -2.22. The molecule has 0 aromatic heterocycles. The second-order valence-electron chi connectivity index (χ2n) is 4.27. The summed E-state index contributed by atoms with van der Waals surface area (Å²) in [6.45, 7) is 2.04. The van der Waals surface area contributed by atoms with Crippen LogP contribution >= 0.6 is 11.6 Å². The van der Waals surface area contributed by atoms with Crippen molar-refractivity contribution < 1.29 is 9.18 Å². The van der Waals surface area contributed by atoms with E-state index in [4.69, 9.17) is 11.6 Å². The normalized spacial score (nSPS) is 10.3. The Hall–Kier alpha value is -1.87. The molecule has 2 aromatic rings. The first-order valence-corrected chi connectivity index (χ1v) is 6.23. The van der Waals surface area contributed by atoms with Crippen molar-refractivity contribution in [1.29, 1.82) is 0 Å². The highest BCUT2D eigenvalue weighted by atomic mass is 35.5. The van der Waals surface area contributed by atoms with Crippen LogP contribution in [0.4, 0.5) is 4.39 Å². The topological polar surface area (TPSA) is 29.1 Å². The van der Waals surface area contributed by atoms with Gasteiger partial charge in [0.05, 0.1) is 0 Å². The average Bonchev–Trinajstić information content (AvgIpc) is 2.41. The minimum absolute atomic E-state index is 0.297. The molecular formula is C15H13ClFNO. The van der Waals surface area contributed by atoms with E-state index in [0.29, 0.717) is 22.7 Å². The Morgan fingerprint density at radius 2 is 1.89 bits per heavy atom. The maximum atomic E-state index is 13.4. The highest BCUT2D eigenvalue weighted by molar-refractivity contribution is 6.30. The number of carbonyl (C=O) groups is 1. The SMILES string of the molecule is Cc1ccc(C(=O)NCc2ccc(Cl)cc2)cc1F. The summed E-state index contributed by atoms with van der Waals surface area (Å²) in [7, 11) is 0. The zero-order valence-electron chi connectivity index (χ0n) is 10.4. The van der Waals surface area contributed by atoms with Crippen LogP contribution in [0.3, 0.4) is 0 Å². The molecule has 19 heavy (non-hydrogen) atoms. The van der Waals surface area contributed by atoms with Gasteiger partial charge in [-0.15, -0.1) is 0 Å². The van der Waals surface area contributed by atoms with Gasteiger partial charge in [0.25, 0.3) is 5.91 Å². The number of amides is 1. The quantitative estimate of drug-likeness (QED) is 0.910. The van der Waals surface area contributed by atoms with Gasteiger partial charge in [0.15, 0.2) is 0 Å². The molecule has 4 heteroatoms. The summed E-state index contributed by atoms with van der Waals surface area (Å²) in [4.78, 5) is 11.8. The van der Waals surface area contributed by atoms with Gasteiger partial charge in [-0.3, -0.25) is 4.79 Å². The minimum Gasteiger partial charge on any atom is -0.348 e. The summed E-state index contributed by atoms with van der Waals surface area (Å²) < 4.78 is 13.4. The van der Waals surface area contributed by atoms with E-state index in [-0.39, 0.29) is 11.7 Å². The van der Waals surface area contributed by atoms with Crippen LogP contribution in [-0.2, 0) is 6.54 Å². The Morgan fingerprint density at radius 1 is 1.21 bits per heavy atom. The molecule has 0 aliphatic carbocycles. The number of benzene rings is 2. The number of hydrogen-bond acceptors (Lipinski definition) is 1. The number of nitrogens with one attached hydrogen (secondary N) is 1. The fourth-order valence-corrected chi connectivity index (χ4v) is 1.75. The van der Waals surface area contributed by atoms with Gasteiger partial charge in [0.2, 0.25) is 0 Å². The monoisotopic (exact) mass is 277 g/mol. The smallest absolute Gasteiger partial charge is 0.251 e. The molecule has 0 saturated heterocycles. The van der Waals surface area contributed by atoms with Crippen molar-refractivity contribution in [3.05, 3.63) is 70.0 Å². The molecule has 0 aliphatic heterocycles. The molecule has 0 bridgehead atoms. The van der Waals surface area contributed by atoms with Crippen LogP contribution in [0.5, 0.6) is 0 Å². The van der Waals surface area contributed by atoms with Gasteiger partial charge in [0, 0.05) is 17.1 Å². The predicted molar refractivity (Wildman–Crippen MR) is 73.8 cm³/mol. The molecule has 2 aromatic carbocycles. The molecule has 0 spiro atoms. The predicted octanol–water partition coefficient (Wildman–Crippen LogP) is 3.72. The van der Waals surface area contributed by atoms with Gasteiger partial charge >= 0.3 is 0 Å². The van der Waals surface area contributed by atoms with Gasteiger partial charge in [-0.1, -0.05) is 29.8 Å². The third-order valence-corrected chi connectivity index (χ3v) is 3.05. The summed E-state index contributed by atoms with van der Waals surface area (Å²) in [5.74, 6) is -0.673. The van der Waals surface area contributed by atoms with Crippen LogP contribution in [0.15, 0.2) is 42.5 Å². The number of hydrogen-bond donors (Lipinski definition) is 1. The van der Waals surface area contributed by atoms with Crippen LogP contribution in [0, 0.1) is 12.7 Å². The summed E-state index contributed by atoms with van der Waals surface area (Å²) in [6.07, 6.45) is 0. The van der Waals surface area contributed by atoms with Gasteiger partial charge < -0.3 is 5.32 Å². The largest absolute Gasteiger partial charge is 0.348 e. The van der Waals surface area contributed by atoms with Crippen molar-refractivity contribution in [3.63, 3.8) is 0 Å². The van der Waals surface area contributed by atoms with E-state index in [9.17, 15) is 9.18 Å². The molecule has 0 aliphatic rings. The fourth-order valence-electron chi connectivity index (χ4n) is 1.62. The average molecular weight is 278 g/mol. The molecular weight excluding hydrogens is 265 g/mol. The molecule has 2 nitrogen and oxygen atoms in total. The lowest BCUT2D eigenvalue weighted by atomic mass is 10.1. The van der Waals surface area contributed by atoms with Crippen molar-refractivity contribution in [2.24, 2.45) is 0 Å². The molecule has 2 rings (SSSR count). The highest BCUT2D eigenvalue weighted by Gasteiger charge is 2.07. The van der Waals surface area contributed by atoms with Crippen molar-refractivity contribution in [1.82, 2.24) is 5.32 Å². The number of halogens is 2. The van der Waals surface area contributed by atoms with E-state index < -0.39 is 0 Å². The van der Waals surface area contributed by atoms with Crippen molar-refractivity contribution in [3.8, 4) is 0 Å². The third-order valence-electron chi connectivity index (χ3n) is 2.80. The van der Waals surface area contributed by atoms with Crippen LogP contribution in [-0.4, -0.2) is 5.91 Å². The maximum Gasteiger partial charge on any atom is 0.251 e. The first kappa shape index (κ1) is 13.6. The van der Waals surface area contributed by atoms with Crippen molar-refractivity contribution in [2.75, 3.05) is 0 Å². The Morgan fingerprint density at radius 3 is 2.53 bits per heavy atom. The molecule has 0 radical (unpaired) electrons. The first-order chi connectivity index (χ1) is 9.06. The molecule has 0 fully saturated rings. The van der Waals surface area contributed by atoms with E-state index in [2.05, 4.69) is 5.32 Å². The maximum absolute atomic E-state index is 13.4. The molecule has 0 unspecified atom stereocenters. The number of aryl methyl sites for hydroxylation is 1. The Kier molecular flexibility index (Phi) is 4.17.